The molecule has 1 amide bonds. The first-order valence-electron chi connectivity index (χ1n) is 6.07. The van der Waals surface area contributed by atoms with Crippen molar-refractivity contribution >= 4 is 11.6 Å². The number of nitrogens with one attached hydrogen (secondary N) is 1. The minimum atomic E-state index is -0.194. The van der Waals surface area contributed by atoms with Crippen molar-refractivity contribution in [3.8, 4) is 17.2 Å². The summed E-state index contributed by atoms with van der Waals surface area (Å²) in [5, 5.41) is 2.55. The molecule has 2 aromatic carbocycles. The second-order valence-corrected chi connectivity index (χ2v) is 4.11. The van der Waals surface area contributed by atoms with Gasteiger partial charge in [0.15, 0.2) is 5.75 Å². The lowest BCUT2D eigenvalue weighted by Crippen LogP contribution is -2.17. The first kappa shape index (κ1) is 13.7. The molecular formula is C15H16N2O3. The van der Waals surface area contributed by atoms with Crippen LogP contribution < -0.4 is 20.5 Å². The molecule has 0 aliphatic carbocycles. The van der Waals surface area contributed by atoms with E-state index in [-0.39, 0.29) is 5.91 Å². The number of amides is 1. The molecule has 2 aromatic rings. The molecule has 0 spiro atoms. The fraction of sp³-hybridized carbons (Fsp3) is 0.133. The summed E-state index contributed by atoms with van der Waals surface area (Å²) in [5.74, 6) is 1.51. The Kier molecular flexibility index (Phi) is 4.10. The van der Waals surface area contributed by atoms with Crippen LogP contribution in [0.15, 0.2) is 42.5 Å². The number of anilines is 1. The van der Waals surface area contributed by atoms with Crippen LogP contribution in [0.2, 0.25) is 0 Å². The van der Waals surface area contributed by atoms with Crippen molar-refractivity contribution in [3.05, 3.63) is 48.0 Å². The summed E-state index contributed by atoms with van der Waals surface area (Å²) in [7, 11) is 3.15. The standard InChI is InChI=1S/C15H16N2O3/c1-17-15(18)10-6-7-13(16)14(8-10)20-12-5-3-4-11(9-12)19-2/h3-9H,16H2,1-2H3,(H,17,18). The summed E-state index contributed by atoms with van der Waals surface area (Å²) >= 11 is 0. The van der Waals surface area contributed by atoms with Gasteiger partial charge in [-0.3, -0.25) is 4.79 Å². The van der Waals surface area contributed by atoms with Gasteiger partial charge in [0.2, 0.25) is 0 Å². The van der Waals surface area contributed by atoms with E-state index in [9.17, 15) is 4.79 Å². The highest BCUT2D eigenvalue weighted by atomic mass is 16.5. The highest BCUT2D eigenvalue weighted by molar-refractivity contribution is 5.95. The molecule has 0 atom stereocenters. The molecule has 0 bridgehead atoms. The van der Waals surface area contributed by atoms with Crippen LogP contribution in [-0.2, 0) is 0 Å². The first-order valence-corrected chi connectivity index (χ1v) is 6.07. The summed E-state index contributed by atoms with van der Waals surface area (Å²) in [6.07, 6.45) is 0. The fourth-order valence-corrected chi connectivity index (χ4v) is 1.70. The number of carbonyl (C=O) groups excluding carboxylic acids is 1. The maximum absolute atomic E-state index is 11.6. The molecule has 3 N–H and O–H groups in total. The molecule has 5 heteroatoms. The van der Waals surface area contributed by atoms with Gasteiger partial charge in [-0.1, -0.05) is 6.07 Å². The monoisotopic (exact) mass is 272 g/mol. The van der Waals surface area contributed by atoms with E-state index in [4.69, 9.17) is 15.2 Å². The van der Waals surface area contributed by atoms with E-state index in [1.165, 1.54) is 0 Å². The van der Waals surface area contributed by atoms with Gasteiger partial charge < -0.3 is 20.5 Å². The summed E-state index contributed by atoms with van der Waals surface area (Å²) in [4.78, 5) is 11.6. The molecule has 5 nitrogen and oxygen atoms in total. The Morgan fingerprint density at radius 2 is 1.90 bits per heavy atom. The maximum atomic E-state index is 11.6. The Labute approximate surface area is 117 Å². The lowest BCUT2D eigenvalue weighted by Gasteiger charge is -2.11. The van der Waals surface area contributed by atoms with Crippen molar-refractivity contribution < 1.29 is 14.3 Å². The van der Waals surface area contributed by atoms with Crippen LogP contribution >= 0.6 is 0 Å². The van der Waals surface area contributed by atoms with Gasteiger partial charge in [0.25, 0.3) is 5.91 Å². The zero-order valence-electron chi connectivity index (χ0n) is 11.3. The van der Waals surface area contributed by atoms with E-state index in [2.05, 4.69) is 5.32 Å². The summed E-state index contributed by atoms with van der Waals surface area (Å²) in [6, 6.07) is 12.0. The van der Waals surface area contributed by atoms with E-state index >= 15 is 0 Å². The smallest absolute Gasteiger partial charge is 0.251 e. The quantitative estimate of drug-likeness (QED) is 0.838. The largest absolute Gasteiger partial charge is 0.497 e. The number of benzene rings is 2. The third-order valence-electron chi connectivity index (χ3n) is 2.77. The second kappa shape index (κ2) is 5.97. The minimum absolute atomic E-state index is 0.194. The number of rotatable bonds is 4. The molecule has 0 heterocycles. The molecule has 0 saturated carbocycles. The van der Waals surface area contributed by atoms with Crippen molar-refractivity contribution in [2.24, 2.45) is 0 Å². The maximum Gasteiger partial charge on any atom is 0.251 e. The van der Waals surface area contributed by atoms with Gasteiger partial charge in [-0.25, -0.2) is 0 Å². The van der Waals surface area contributed by atoms with E-state index in [1.807, 2.05) is 12.1 Å². The Morgan fingerprint density at radius 3 is 2.60 bits per heavy atom. The van der Waals surface area contributed by atoms with E-state index in [0.717, 1.165) is 0 Å². The van der Waals surface area contributed by atoms with Crippen LogP contribution in [-0.4, -0.2) is 20.1 Å². The Morgan fingerprint density at radius 1 is 1.15 bits per heavy atom. The summed E-state index contributed by atoms with van der Waals surface area (Å²) in [6.45, 7) is 0. The number of ether oxygens (including phenoxy) is 2. The number of hydrogen-bond acceptors (Lipinski definition) is 4. The van der Waals surface area contributed by atoms with Gasteiger partial charge in [-0.05, 0) is 30.3 Å². The van der Waals surface area contributed by atoms with Crippen molar-refractivity contribution in [1.82, 2.24) is 5.32 Å². The van der Waals surface area contributed by atoms with Gasteiger partial charge in [-0.15, -0.1) is 0 Å². The average molecular weight is 272 g/mol. The number of hydrogen-bond donors (Lipinski definition) is 2. The molecule has 2 rings (SSSR count). The van der Waals surface area contributed by atoms with Crippen LogP contribution in [0.1, 0.15) is 10.4 Å². The van der Waals surface area contributed by atoms with Gasteiger partial charge in [-0.2, -0.15) is 0 Å². The number of methoxy groups -OCH3 is 1. The van der Waals surface area contributed by atoms with Crippen LogP contribution in [0.5, 0.6) is 17.2 Å². The van der Waals surface area contributed by atoms with Crippen LogP contribution in [0.25, 0.3) is 0 Å². The van der Waals surface area contributed by atoms with Gasteiger partial charge in [0.1, 0.15) is 11.5 Å². The topological polar surface area (TPSA) is 73.6 Å². The lowest BCUT2D eigenvalue weighted by molar-refractivity contribution is 0.0963. The SMILES string of the molecule is CNC(=O)c1ccc(N)c(Oc2cccc(OC)c2)c1. The molecular weight excluding hydrogens is 256 g/mol. The molecule has 0 aromatic heterocycles. The molecule has 0 aliphatic heterocycles. The molecule has 0 aliphatic rings. The minimum Gasteiger partial charge on any atom is -0.497 e. The molecule has 0 radical (unpaired) electrons. The van der Waals surface area contributed by atoms with Crippen molar-refractivity contribution in [2.75, 3.05) is 19.9 Å². The third kappa shape index (κ3) is 3.00. The molecule has 0 fully saturated rings. The van der Waals surface area contributed by atoms with Crippen molar-refractivity contribution in [1.29, 1.82) is 0 Å². The molecule has 0 saturated heterocycles. The Bertz CT molecular complexity index is 626. The average Bonchev–Trinajstić information content (AvgIpc) is 2.49. The van der Waals surface area contributed by atoms with Crippen LogP contribution in [0, 0.1) is 0 Å². The summed E-state index contributed by atoms with van der Waals surface area (Å²) < 4.78 is 10.8. The molecule has 20 heavy (non-hydrogen) atoms. The van der Waals surface area contributed by atoms with Gasteiger partial charge >= 0.3 is 0 Å². The number of nitrogen functional groups attached to an aromatic ring is 1. The fourth-order valence-electron chi connectivity index (χ4n) is 1.70. The van der Waals surface area contributed by atoms with Crippen LogP contribution in [0.4, 0.5) is 5.69 Å². The van der Waals surface area contributed by atoms with Crippen LogP contribution in [0.3, 0.4) is 0 Å². The highest BCUT2D eigenvalue weighted by Crippen LogP contribution is 2.30. The van der Waals surface area contributed by atoms with E-state index in [0.29, 0.717) is 28.5 Å². The number of carbonyl (C=O) groups is 1. The van der Waals surface area contributed by atoms with E-state index in [1.54, 1.807) is 44.5 Å². The molecule has 0 unspecified atom stereocenters. The zero-order chi connectivity index (χ0) is 14.5. The predicted octanol–water partition coefficient (Wildman–Crippen LogP) is 2.43. The zero-order valence-corrected chi connectivity index (χ0v) is 11.3. The van der Waals surface area contributed by atoms with E-state index < -0.39 is 0 Å². The second-order valence-electron chi connectivity index (χ2n) is 4.11. The lowest BCUT2D eigenvalue weighted by atomic mass is 10.2. The predicted molar refractivity (Wildman–Crippen MR) is 77.3 cm³/mol. The molecule has 104 valence electrons. The Balaban J connectivity index is 2.30. The third-order valence-corrected chi connectivity index (χ3v) is 2.77. The van der Waals surface area contributed by atoms with Crippen molar-refractivity contribution in [2.45, 2.75) is 0 Å². The van der Waals surface area contributed by atoms with Gasteiger partial charge in [0.05, 0.1) is 12.8 Å². The first-order chi connectivity index (χ1) is 9.63. The van der Waals surface area contributed by atoms with Crippen molar-refractivity contribution in [3.63, 3.8) is 0 Å². The Hall–Kier alpha value is -2.69. The normalized spacial score (nSPS) is 9.90. The highest BCUT2D eigenvalue weighted by Gasteiger charge is 2.09. The number of nitrogens with two attached hydrogens (primary N) is 1. The van der Waals surface area contributed by atoms with Gasteiger partial charge in [0, 0.05) is 18.7 Å². The summed E-state index contributed by atoms with van der Waals surface area (Å²) in [5.41, 5.74) is 6.81.